The van der Waals surface area contributed by atoms with E-state index in [0.717, 1.165) is 32.4 Å². The van der Waals surface area contributed by atoms with E-state index in [1.807, 2.05) is 0 Å². The maximum absolute atomic E-state index is 11.5. The average Bonchev–Trinajstić information content (AvgIpc) is 2.34. The molecule has 1 amide bonds. The third-order valence-corrected chi connectivity index (χ3v) is 3.36. The Morgan fingerprint density at radius 3 is 2.44 bits per heavy atom. The van der Waals surface area contributed by atoms with Crippen LogP contribution in [0.3, 0.4) is 0 Å². The number of nitrogens with one attached hydrogen (secondary N) is 2. The summed E-state index contributed by atoms with van der Waals surface area (Å²) in [7, 11) is 2.14. The number of rotatable bonds is 10. The Labute approximate surface area is 113 Å². The molecule has 0 saturated carbocycles. The lowest BCUT2D eigenvalue weighted by Crippen LogP contribution is -2.38. The van der Waals surface area contributed by atoms with Crippen molar-refractivity contribution in [2.24, 2.45) is 0 Å². The molecule has 0 rings (SSSR count). The number of nitrogens with zero attached hydrogens (tertiary/aromatic N) is 1. The molecule has 0 aromatic carbocycles. The van der Waals surface area contributed by atoms with Crippen LogP contribution >= 0.6 is 0 Å². The summed E-state index contributed by atoms with van der Waals surface area (Å²) in [5.74, 6) is 0.104. The van der Waals surface area contributed by atoms with E-state index in [4.69, 9.17) is 0 Å². The zero-order valence-electron chi connectivity index (χ0n) is 12.8. The van der Waals surface area contributed by atoms with E-state index in [2.05, 4.69) is 50.3 Å². The van der Waals surface area contributed by atoms with Crippen LogP contribution in [-0.2, 0) is 4.79 Å². The Morgan fingerprint density at radius 2 is 1.89 bits per heavy atom. The molecule has 0 spiro atoms. The SMILES string of the molecule is CCC(C)NCC(=O)NCCCCN(C)C(C)C. The highest BCUT2D eigenvalue weighted by Gasteiger charge is 2.04. The largest absolute Gasteiger partial charge is 0.355 e. The quantitative estimate of drug-likeness (QED) is 0.584. The lowest BCUT2D eigenvalue weighted by Gasteiger charge is -2.20. The minimum atomic E-state index is 0.104. The second kappa shape index (κ2) is 10.3. The molecule has 4 heteroatoms. The van der Waals surface area contributed by atoms with E-state index in [-0.39, 0.29) is 5.91 Å². The first-order valence-corrected chi connectivity index (χ1v) is 7.17. The standard InChI is InChI=1S/C14H31N3O/c1-6-13(4)16-11-14(18)15-9-7-8-10-17(5)12(2)3/h12-13,16H,6-11H2,1-5H3,(H,15,18). The Kier molecular flexibility index (Phi) is 9.98. The van der Waals surface area contributed by atoms with E-state index in [0.29, 0.717) is 18.6 Å². The van der Waals surface area contributed by atoms with Crippen molar-refractivity contribution in [2.75, 3.05) is 26.7 Å². The first-order valence-electron chi connectivity index (χ1n) is 7.17. The molecular formula is C14H31N3O. The van der Waals surface area contributed by atoms with Crippen LogP contribution in [0.1, 0.15) is 47.0 Å². The van der Waals surface area contributed by atoms with Gasteiger partial charge in [-0.25, -0.2) is 0 Å². The summed E-state index contributed by atoms with van der Waals surface area (Å²) < 4.78 is 0. The molecular weight excluding hydrogens is 226 g/mol. The molecule has 0 aliphatic rings. The summed E-state index contributed by atoms with van der Waals surface area (Å²) in [4.78, 5) is 13.8. The summed E-state index contributed by atoms with van der Waals surface area (Å²) >= 11 is 0. The molecule has 0 aromatic heterocycles. The Hall–Kier alpha value is -0.610. The highest BCUT2D eigenvalue weighted by molar-refractivity contribution is 5.77. The van der Waals surface area contributed by atoms with Gasteiger partial charge in [0.1, 0.15) is 0 Å². The molecule has 0 aliphatic heterocycles. The molecule has 1 atom stereocenters. The lowest BCUT2D eigenvalue weighted by molar-refractivity contribution is -0.120. The van der Waals surface area contributed by atoms with Crippen molar-refractivity contribution in [3.05, 3.63) is 0 Å². The van der Waals surface area contributed by atoms with E-state index < -0.39 is 0 Å². The van der Waals surface area contributed by atoms with Crippen molar-refractivity contribution in [3.8, 4) is 0 Å². The van der Waals surface area contributed by atoms with Gasteiger partial charge in [-0.3, -0.25) is 4.79 Å². The van der Waals surface area contributed by atoms with Gasteiger partial charge in [-0.15, -0.1) is 0 Å². The van der Waals surface area contributed by atoms with Gasteiger partial charge in [0.2, 0.25) is 5.91 Å². The minimum absolute atomic E-state index is 0.104. The van der Waals surface area contributed by atoms with Gasteiger partial charge in [0.05, 0.1) is 6.54 Å². The van der Waals surface area contributed by atoms with Crippen LogP contribution in [0.5, 0.6) is 0 Å². The second-order valence-electron chi connectivity index (χ2n) is 5.32. The highest BCUT2D eigenvalue weighted by atomic mass is 16.1. The number of unbranched alkanes of at least 4 members (excludes halogenated alkanes) is 1. The zero-order valence-corrected chi connectivity index (χ0v) is 12.8. The second-order valence-corrected chi connectivity index (χ2v) is 5.32. The van der Waals surface area contributed by atoms with Crippen molar-refractivity contribution in [1.29, 1.82) is 0 Å². The van der Waals surface area contributed by atoms with Gasteiger partial charge >= 0.3 is 0 Å². The molecule has 0 saturated heterocycles. The van der Waals surface area contributed by atoms with Crippen LogP contribution in [0.2, 0.25) is 0 Å². The molecule has 108 valence electrons. The molecule has 1 unspecified atom stereocenters. The maximum Gasteiger partial charge on any atom is 0.233 e. The monoisotopic (exact) mass is 257 g/mol. The van der Waals surface area contributed by atoms with Crippen LogP contribution in [0.4, 0.5) is 0 Å². The van der Waals surface area contributed by atoms with Gasteiger partial charge in [-0.1, -0.05) is 6.92 Å². The molecule has 4 nitrogen and oxygen atoms in total. The van der Waals surface area contributed by atoms with Crippen LogP contribution in [-0.4, -0.2) is 49.6 Å². The first-order chi connectivity index (χ1) is 8.47. The number of hydrogen-bond donors (Lipinski definition) is 2. The van der Waals surface area contributed by atoms with Crippen molar-refractivity contribution < 1.29 is 4.79 Å². The van der Waals surface area contributed by atoms with E-state index in [1.165, 1.54) is 0 Å². The van der Waals surface area contributed by atoms with Crippen LogP contribution in [0, 0.1) is 0 Å². The van der Waals surface area contributed by atoms with E-state index in [1.54, 1.807) is 0 Å². The fourth-order valence-electron chi connectivity index (χ4n) is 1.45. The topological polar surface area (TPSA) is 44.4 Å². The molecule has 0 aromatic rings. The highest BCUT2D eigenvalue weighted by Crippen LogP contribution is 1.97. The summed E-state index contributed by atoms with van der Waals surface area (Å²) in [6.07, 6.45) is 3.23. The van der Waals surface area contributed by atoms with Gasteiger partial charge in [0.25, 0.3) is 0 Å². The Balaban J connectivity index is 3.41. The van der Waals surface area contributed by atoms with Crippen molar-refractivity contribution in [1.82, 2.24) is 15.5 Å². The summed E-state index contributed by atoms with van der Waals surface area (Å²) in [5, 5.41) is 6.13. The zero-order chi connectivity index (χ0) is 14.0. The summed E-state index contributed by atoms with van der Waals surface area (Å²) in [6.45, 7) is 10.9. The fourth-order valence-corrected chi connectivity index (χ4v) is 1.45. The Morgan fingerprint density at radius 1 is 1.22 bits per heavy atom. The van der Waals surface area contributed by atoms with Crippen LogP contribution in [0.15, 0.2) is 0 Å². The van der Waals surface area contributed by atoms with Gasteiger partial charge in [0, 0.05) is 18.6 Å². The van der Waals surface area contributed by atoms with Crippen LogP contribution < -0.4 is 10.6 Å². The first kappa shape index (κ1) is 17.4. The number of carbonyl (C=O) groups excluding carboxylic acids is 1. The normalized spacial score (nSPS) is 13.1. The number of carbonyl (C=O) groups is 1. The predicted molar refractivity (Wildman–Crippen MR) is 77.8 cm³/mol. The van der Waals surface area contributed by atoms with Gasteiger partial charge < -0.3 is 15.5 Å². The van der Waals surface area contributed by atoms with Crippen LogP contribution in [0.25, 0.3) is 0 Å². The smallest absolute Gasteiger partial charge is 0.233 e. The van der Waals surface area contributed by atoms with Gasteiger partial charge in [0.15, 0.2) is 0 Å². The predicted octanol–water partition coefficient (Wildman–Crippen LogP) is 1.61. The number of hydrogen-bond acceptors (Lipinski definition) is 3. The molecule has 0 bridgehead atoms. The third-order valence-electron chi connectivity index (χ3n) is 3.36. The van der Waals surface area contributed by atoms with Gasteiger partial charge in [-0.05, 0) is 53.6 Å². The average molecular weight is 257 g/mol. The third kappa shape index (κ3) is 9.42. The molecule has 0 fully saturated rings. The van der Waals surface area contributed by atoms with Crippen molar-refractivity contribution in [3.63, 3.8) is 0 Å². The number of amides is 1. The molecule has 0 radical (unpaired) electrons. The lowest BCUT2D eigenvalue weighted by atomic mass is 10.2. The van der Waals surface area contributed by atoms with E-state index in [9.17, 15) is 4.79 Å². The summed E-state index contributed by atoms with van der Waals surface area (Å²) in [5.41, 5.74) is 0. The molecule has 18 heavy (non-hydrogen) atoms. The maximum atomic E-state index is 11.5. The van der Waals surface area contributed by atoms with Gasteiger partial charge in [-0.2, -0.15) is 0 Å². The molecule has 0 heterocycles. The van der Waals surface area contributed by atoms with Crippen molar-refractivity contribution in [2.45, 2.75) is 59.0 Å². The van der Waals surface area contributed by atoms with Crippen molar-refractivity contribution >= 4 is 5.91 Å². The Bertz CT molecular complexity index is 219. The molecule has 2 N–H and O–H groups in total. The van der Waals surface area contributed by atoms with E-state index >= 15 is 0 Å². The summed E-state index contributed by atoms with van der Waals surface area (Å²) in [6, 6.07) is 1.01. The molecule has 0 aliphatic carbocycles. The fraction of sp³-hybridized carbons (Fsp3) is 0.929. The minimum Gasteiger partial charge on any atom is -0.355 e.